The second kappa shape index (κ2) is 5.74. The molecule has 1 atom stereocenters. The fourth-order valence-corrected chi connectivity index (χ4v) is 2.14. The number of benzene rings is 1. The monoisotopic (exact) mass is 270 g/mol. The number of rotatable bonds is 4. The van der Waals surface area contributed by atoms with E-state index in [1.165, 1.54) is 7.11 Å². The molecule has 0 aliphatic carbocycles. The average molecular weight is 270 g/mol. The number of nitrogens with one attached hydrogen (secondary N) is 1. The fourth-order valence-electron chi connectivity index (χ4n) is 2.14. The maximum absolute atomic E-state index is 12.2. The van der Waals surface area contributed by atoms with Gasteiger partial charge in [-0.25, -0.2) is 4.79 Å². The highest BCUT2D eigenvalue weighted by Gasteiger charge is 2.36. The smallest absolute Gasteiger partial charge is 0.335 e. The SMILES string of the molecule is COC(=O)C(C)(Nc1cccc(C)c1)c1ccncc1. The van der Waals surface area contributed by atoms with Gasteiger partial charge in [-0.15, -0.1) is 0 Å². The molecule has 2 aromatic rings. The first-order chi connectivity index (χ1) is 9.56. The summed E-state index contributed by atoms with van der Waals surface area (Å²) in [5.74, 6) is -0.342. The van der Waals surface area contributed by atoms with Gasteiger partial charge in [0.2, 0.25) is 0 Å². The highest BCUT2D eigenvalue weighted by atomic mass is 16.5. The molecule has 0 saturated carbocycles. The first-order valence-corrected chi connectivity index (χ1v) is 6.40. The predicted octanol–water partition coefficient (Wildman–Crippen LogP) is 2.89. The number of ether oxygens (including phenoxy) is 1. The van der Waals surface area contributed by atoms with E-state index in [9.17, 15) is 4.79 Å². The summed E-state index contributed by atoms with van der Waals surface area (Å²) in [5, 5.41) is 3.26. The Kier molecular flexibility index (Phi) is 4.03. The Bertz CT molecular complexity index is 598. The highest BCUT2D eigenvalue weighted by molar-refractivity contribution is 5.85. The van der Waals surface area contributed by atoms with Gasteiger partial charge in [-0.05, 0) is 49.2 Å². The minimum Gasteiger partial charge on any atom is -0.467 e. The summed E-state index contributed by atoms with van der Waals surface area (Å²) in [7, 11) is 1.39. The molecule has 0 spiro atoms. The predicted molar refractivity (Wildman–Crippen MR) is 78.4 cm³/mol. The average Bonchev–Trinajstić information content (AvgIpc) is 2.47. The molecule has 1 unspecified atom stereocenters. The zero-order valence-corrected chi connectivity index (χ0v) is 11.9. The van der Waals surface area contributed by atoms with Crippen molar-refractivity contribution in [2.24, 2.45) is 0 Å². The number of anilines is 1. The van der Waals surface area contributed by atoms with Crippen LogP contribution in [0.3, 0.4) is 0 Å². The van der Waals surface area contributed by atoms with Crippen LogP contribution in [-0.4, -0.2) is 18.1 Å². The van der Waals surface area contributed by atoms with E-state index in [0.717, 1.165) is 16.8 Å². The van der Waals surface area contributed by atoms with Crippen molar-refractivity contribution in [3.63, 3.8) is 0 Å². The Morgan fingerprint density at radius 1 is 1.25 bits per heavy atom. The molecule has 0 amide bonds. The quantitative estimate of drug-likeness (QED) is 0.868. The molecular formula is C16H18N2O2. The first-order valence-electron chi connectivity index (χ1n) is 6.40. The lowest BCUT2D eigenvalue weighted by atomic mass is 9.92. The number of carbonyl (C=O) groups excluding carboxylic acids is 1. The van der Waals surface area contributed by atoms with Crippen molar-refractivity contribution in [3.05, 3.63) is 59.9 Å². The zero-order chi connectivity index (χ0) is 14.6. The Morgan fingerprint density at radius 2 is 1.95 bits per heavy atom. The van der Waals surface area contributed by atoms with E-state index in [1.807, 2.05) is 31.2 Å². The molecule has 0 aliphatic rings. The van der Waals surface area contributed by atoms with Gasteiger partial charge in [0.15, 0.2) is 5.54 Å². The van der Waals surface area contributed by atoms with Gasteiger partial charge >= 0.3 is 5.97 Å². The summed E-state index contributed by atoms with van der Waals surface area (Å²) in [6.07, 6.45) is 3.32. The summed E-state index contributed by atoms with van der Waals surface area (Å²) in [5.41, 5.74) is 1.85. The van der Waals surface area contributed by atoms with Crippen LogP contribution in [0.1, 0.15) is 18.1 Å². The third-order valence-electron chi connectivity index (χ3n) is 3.26. The molecule has 0 saturated heterocycles. The number of hydrogen-bond donors (Lipinski definition) is 1. The molecule has 4 nitrogen and oxygen atoms in total. The second-order valence-electron chi connectivity index (χ2n) is 4.85. The normalized spacial score (nSPS) is 13.3. The van der Waals surface area contributed by atoms with E-state index in [1.54, 1.807) is 31.5 Å². The second-order valence-corrected chi connectivity index (χ2v) is 4.85. The summed E-state index contributed by atoms with van der Waals surface area (Å²) < 4.78 is 4.95. The summed E-state index contributed by atoms with van der Waals surface area (Å²) in [4.78, 5) is 16.2. The van der Waals surface area contributed by atoms with Crippen molar-refractivity contribution in [1.82, 2.24) is 4.98 Å². The molecular weight excluding hydrogens is 252 g/mol. The summed E-state index contributed by atoms with van der Waals surface area (Å²) in [6.45, 7) is 3.81. The van der Waals surface area contributed by atoms with E-state index < -0.39 is 5.54 Å². The lowest BCUT2D eigenvalue weighted by Crippen LogP contribution is -2.41. The topological polar surface area (TPSA) is 51.2 Å². The van der Waals surface area contributed by atoms with Crippen LogP contribution in [0.25, 0.3) is 0 Å². The van der Waals surface area contributed by atoms with Crippen molar-refractivity contribution < 1.29 is 9.53 Å². The maximum atomic E-state index is 12.2. The number of methoxy groups -OCH3 is 1. The number of pyridine rings is 1. The van der Waals surface area contributed by atoms with Crippen LogP contribution in [0.5, 0.6) is 0 Å². The van der Waals surface area contributed by atoms with E-state index in [0.29, 0.717) is 0 Å². The molecule has 0 bridgehead atoms. The molecule has 1 aromatic carbocycles. The minimum atomic E-state index is -0.953. The third kappa shape index (κ3) is 2.79. The molecule has 20 heavy (non-hydrogen) atoms. The Balaban J connectivity index is 2.41. The number of carbonyl (C=O) groups is 1. The largest absolute Gasteiger partial charge is 0.467 e. The van der Waals surface area contributed by atoms with Crippen LogP contribution in [0.15, 0.2) is 48.8 Å². The molecule has 0 radical (unpaired) electrons. The van der Waals surface area contributed by atoms with E-state index in [4.69, 9.17) is 4.74 Å². The Morgan fingerprint density at radius 3 is 2.55 bits per heavy atom. The maximum Gasteiger partial charge on any atom is 0.335 e. The van der Waals surface area contributed by atoms with Gasteiger partial charge in [0.05, 0.1) is 7.11 Å². The molecule has 2 rings (SSSR count). The third-order valence-corrected chi connectivity index (χ3v) is 3.26. The summed E-state index contributed by atoms with van der Waals surface area (Å²) in [6, 6.07) is 11.5. The molecule has 1 aromatic heterocycles. The van der Waals surface area contributed by atoms with Gasteiger partial charge in [-0.2, -0.15) is 0 Å². The van der Waals surface area contributed by atoms with Crippen LogP contribution in [0, 0.1) is 6.92 Å². The van der Waals surface area contributed by atoms with Crippen LogP contribution in [0.2, 0.25) is 0 Å². The van der Waals surface area contributed by atoms with Gasteiger partial charge in [-0.1, -0.05) is 12.1 Å². The van der Waals surface area contributed by atoms with Gasteiger partial charge in [0, 0.05) is 18.1 Å². The fraction of sp³-hybridized carbons (Fsp3) is 0.250. The van der Waals surface area contributed by atoms with Crippen LogP contribution >= 0.6 is 0 Å². The molecule has 4 heteroatoms. The van der Waals surface area contributed by atoms with Crippen molar-refractivity contribution in [2.75, 3.05) is 12.4 Å². The molecule has 1 N–H and O–H groups in total. The van der Waals surface area contributed by atoms with Crippen LogP contribution < -0.4 is 5.32 Å². The Hall–Kier alpha value is -2.36. The number of aromatic nitrogens is 1. The van der Waals surface area contributed by atoms with Gasteiger partial charge in [0.25, 0.3) is 0 Å². The van der Waals surface area contributed by atoms with Crippen molar-refractivity contribution >= 4 is 11.7 Å². The highest BCUT2D eigenvalue weighted by Crippen LogP contribution is 2.27. The number of aryl methyl sites for hydroxylation is 1. The first kappa shape index (κ1) is 14.1. The van der Waals surface area contributed by atoms with E-state index in [-0.39, 0.29) is 5.97 Å². The van der Waals surface area contributed by atoms with Gasteiger partial charge in [-0.3, -0.25) is 4.98 Å². The van der Waals surface area contributed by atoms with Gasteiger partial charge < -0.3 is 10.1 Å². The summed E-state index contributed by atoms with van der Waals surface area (Å²) >= 11 is 0. The number of nitrogens with zero attached hydrogens (tertiary/aromatic N) is 1. The van der Waals surface area contributed by atoms with Crippen molar-refractivity contribution in [1.29, 1.82) is 0 Å². The minimum absolute atomic E-state index is 0.342. The van der Waals surface area contributed by atoms with E-state index in [2.05, 4.69) is 10.3 Å². The van der Waals surface area contributed by atoms with E-state index >= 15 is 0 Å². The standard InChI is InChI=1S/C16H18N2O2/c1-12-5-4-6-14(11-12)18-16(2,15(19)20-3)13-7-9-17-10-8-13/h4-11,18H,1-3H3. The molecule has 1 heterocycles. The van der Waals surface area contributed by atoms with Gasteiger partial charge in [0.1, 0.15) is 0 Å². The zero-order valence-electron chi connectivity index (χ0n) is 11.9. The van der Waals surface area contributed by atoms with Crippen LogP contribution in [0.4, 0.5) is 5.69 Å². The molecule has 0 aliphatic heterocycles. The lowest BCUT2D eigenvalue weighted by Gasteiger charge is -2.29. The molecule has 0 fully saturated rings. The van der Waals surface area contributed by atoms with Crippen LogP contribution in [-0.2, 0) is 15.1 Å². The number of esters is 1. The Labute approximate surface area is 118 Å². The number of hydrogen-bond acceptors (Lipinski definition) is 4. The molecule has 104 valence electrons. The van der Waals surface area contributed by atoms with Crippen molar-refractivity contribution in [3.8, 4) is 0 Å². The lowest BCUT2D eigenvalue weighted by molar-refractivity contribution is -0.145. The van der Waals surface area contributed by atoms with Crippen molar-refractivity contribution in [2.45, 2.75) is 19.4 Å².